The van der Waals surface area contributed by atoms with Crippen molar-refractivity contribution in [3.63, 3.8) is 0 Å². The number of hydrogen-bond acceptors (Lipinski definition) is 5. The number of aromatic nitrogens is 3. The van der Waals surface area contributed by atoms with Gasteiger partial charge in [0.15, 0.2) is 0 Å². The van der Waals surface area contributed by atoms with Gasteiger partial charge in [0, 0.05) is 31.5 Å². The summed E-state index contributed by atoms with van der Waals surface area (Å²) in [5.74, 6) is 0.460. The minimum atomic E-state index is -0.218. The highest BCUT2D eigenvalue weighted by Gasteiger charge is 2.09. The zero-order chi connectivity index (χ0) is 17.3. The fourth-order valence-corrected chi connectivity index (χ4v) is 2.84. The Hall–Kier alpha value is -2.76. The maximum Gasteiger partial charge on any atom is 0.270 e. The van der Waals surface area contributed by atoms with Crippen LogP contribution in [0.2, 0.25) is 0 Å². The van der Waals surface area contributed by atoms with Gasteiger partial charge in [0.05, 0.1) is 0 Å². The van der Waals surface area contributed by atoms with E-state index >= 15 is 0 Å². The summed E-state index contributed by atoms with van der Waals surface area (Å²) < 4.78 is 0. The summed E-state index contributed by atoms with van der Waals surface area (Å²) in [5.41, 5.74) is 2.82. The SMILES string of the molecule is O=C(NCc1cccnc1)c1cc(NCCC2=CCCCC2)ncn1. The predicted octanol–water partition coefficient (Wildman–Crippen LogP) is 3.10. The highest BCUT2D eigenvalue weighted by Crippen LogP contribution is 2.19. The zero-order valence-corrected chi connectivity index (χ0v) is 14.2. The molecule has 3 rings (SSSR count). The zero-order valence-electron chi connectivity index (χ0n) is 14.2. The fourth-order valence-electron chi connectivity index (χ4n) is 2.84. The molecule has 0 saturated heterocycles. The van der Waals surface area contributed by atoms with Gasteiger partial charge in [-0.1, -0.05) is 17.7 Å². The number of rotatable bonds is 7. The molecule has 0 bridgehead atoms. The fraction of sp³-hybridized carbons (Fsp3) is 0.368. The second-order valence-corrected chi connectivity index (χ2v) is 6.12. The molecule has 2 N–H and O–H groups in total. The lowest BCUT2D eigenvalue weighted by molar-refractivity contribution is 0.0945. The van der Waals surface area contributed by atoms with Crippen LogP contribution in [0, 0.1) is 0 Å². The van der Waals surface area contributed by atoms with Crippen LogP contribution in [0.5, 0.6) is 0 Å². The molecule has 0 aromatic carbocycles. The van der Waals surface area contributed by atoms with Gasteiger partial charge in [0.25, 0.3) is 5.91 Å². The van der Waals surface area contributed by atoms with E-state index in [1.54, 1.807) is 18.5 Å². The van der Waals surface area contributed by atoms with Gasteiger partial charge in [-0.2, -0.15) is 0 Å². The van der Waals surface area contributed by atoms with Crippen molar-refractivity contribution in [1.29, 1.82) is 0 Å². The number of nitrogens with zero attached hydrogens (tertiary/aromatic N) is 3. The third-order valence-corrected chi connectivity index (χ3v) is 4.21. The normalized spacial score (nSPS) is 13.8. The number of anilines is 1. The average molecular weight is 337 g/mol. The first-order chi connectivity index (χ1) is 12.3. The standard InChI is InChI=1S/C19H23N5O/c25-19(22-13-16-7-4-9-20-12-16)17-11-18(24-14-23-17)21-10-8-15-5-2-1-3-6-15/h4-5,7,9,11-12,14H,1-3,6,8,10,13H2,(H,22,25)(H,21,23,24). The van der Waals surface area contributed by atoms with Crippen LogP contribution in [0.4, 0.5) is 5.82 Å². The molecule has 0 spiro atoms. The van der Waals surface area contributed by atoms with Crippen LogP contribution in [0.3, 0.4) is 0 Å². The molecule has 6 nitrogen and oxygen atoms in total. The number of amides is 1. The molecular weight excluding hydrogens is 314 g/mol. The van der Waals surface area contributed by atoms with Crippen molar-refractivity contribution in [2.45, 2.75) is 38.6 Å². The molecule has 2 aromatic rings. The molecule has 0 fully saturated rings. The van der Waals surface area contributed by atoms with Gasteiger partial charge in [-0.3, -0.25) is 9.78 Å². The topological polar surface area (TPSA) is 79.8 Å². The van der Waals surface area contributed by atoms with Crippen LogP contribution < -0.4 is 10.6 Å². The molecule has 6 heteroatoms. The van der Waals surface area contributed by atoms with Crippen molar-refractivity contribution in [3.05, 3.63) is 59.8 Å². The molecule has 0 atom stereocenters. The van der Waals surface area contributed by atoms with Crippen LogP contribution in [0.25, 0.3) is 0 Å². The Balaban J connectivity index is 1.50. The van der Waals surface area contributed by atoms with Gasteiger partial charge in [-0.25, -0.2) is 9.97 Å². The molecular formula is C19H23N5O. The Morgan fingerprint density at radius 1 is 1.24 bits per heavy atom. The van der Waals surface area contributed by atoms with E-state index < -0.39 is 0 Å². The summed E-state index contributed by atoms with van der Waals surface area (Å²) >= 11 is 0. The highest BCUT2D eigenvalue weighted by atomic mass is 16.1. The van der Waals surface area contributed by atoms with Gasteiger partial charge >= 0.3 is 0 Å². The number of pyridine rings is 1. The molecule has 0 aliphatic heterocycles. The van der Waals surface area contributed by atoms with Crippen LogP contribution in [-0.2, 0) is 6.54 Å². The quantitative estimate of drug-likeness (QED) is 0.759. The van der Waals surface area contributed by atoms with E-state index in [-0.39, 0.29) is 5.91 Å². The predicted molar refractivity (Wildman–Crippen MR) is 97.1 cm³/mol. The summed E-state index contributed by atoms with van der Waals surface area (Å²) in [7, 11) is 0. The number of hydrogen-bond donors (Lipinski definition) is 2. The number of allylic oxidation sites excluding steroid dienone is 1. The van der Waals surface area contributed by atoms with Crippen LogP contribution >= 0.6 is 0 Å². The van der Waals surface area contributed by atoms with E-state index in [1.165, 1.54) is 37.6 Å². The molecule has 1 amide bonds. The van der Waals surface area contributed by atoms with Crippen molar-refractivity contribution >= 4 is 11.7 Å². The largest absolute Gasteiger partial charge is 0.370 e. The van der Waals surface area contributed by atoms with E-state index in [1.807, 2.05) is 12.1 Å². The molecule has 1 aliphatic carbocycles. The molecule has 0 saturated carbocycles. The third kappa shape index (κ3) is 5.38. The molecule has 0 radical (unpaired) electrons. The average Bonchev–Trinajstić information content (AvgIpc) is 2.68. The second-order valence-electron chi connectivity index (χ2n) is 6.12. The smallest absolute Gasteiger partial charge is 0.270 e. The van der Waals surface area contributed by atoms with Crippen LogP contribution in [0.1, 0.15) is 48.2 Å². The minimum Gasteiger partial charge on any atom is -0.370 e. The summed E-state index contributed by atoms with van der Waals surface area (Å²) in [4.78, 5) is 24.5. The summed E-state index contributed by atoms with van der Waals surface area (Å²) in [5, 5.41) is 6.12. The Kier molecular flexibility index (Phi) is 6.09. The van der Waals surface area contributed by atoms with Gasteiger partial charge in [-0.05, 0) is 43.7 Å². The first-order valence-electron chi connectivity index (χ1n) is 8.72. The molecule has 2 aromatic heterocycles. The van der Waals surface area contributed by atoms with E-state index in [2.05, 4.69) is 31.7 Å². The lowest BCUT2D eigenvalue weighted by Crippen LogP contribution is -2.24. The Morgan fingerprint density at radius 3 is 3.00 bits per heavy atom. The first-order valence-corrected chi connectivity index (χ1v) is 8.72. The summed E-state index contributed by atoms with van der Waals surface area (Å²) in [6.07, 6.45) is 13.2. The Morgan fingerprint density at radius 2 is 2.20 bits per heavy atom. The molecule has 25 heavy (non-hydrogen) atoms. The molecule has 130 valence electrons. The monoisotopic (exact) mass is 337 g/mol. The van der Waals surface area contributed by atoms with Gasteiger partial charge in [-0.15, -0.1) is 0 Å². The van der Waals surface area contributed by atoms with Gasteiger partial charge in [0.2, 0.25) is 0 Å². The minimum absolute atomic E-state index is 0.218. The van der Waals surface area contributed by atoms with Crippen molar-refractivity contribution in [1.82, 2.24) is 20.3 Å². The Labute approximate surface area is 147 Å². The van der Waals surface area contributed by atoms with Gasteiger partial charge < -0.3 is 10.6 Å². The maximum atomic E-state index is 12.2. The maximum absolute atomic E-state index is 12.2. The lowest BCUT2D eigenvalue weighted by atomic mass is 9.97. The van der Waals surface area contributed by atoms with Crippen LogP contribution in [0.15, 0.2) is 48.6 Å². The number of nitrogens with one attached hydrogen (secondary N) is 2. The highest BCUT2D eigenvalue weighted by molar-refractivity contribution is 5.92. The molecule has 0 unspecified atom stereocenters. The van der Waals surface area contributed by atoms with Crippen molar-refractivity contribution in [3.8, 4) is 0 Å². The van der Waals surface area contributed by atoms with Crippen molar-refractivity contribution < 1.29 is 4.79 Å². The second kappa shape index (κ2) is 8.92. The molecule has 2 heterocycles. The van der Waals surface area contributed by atoms with E-state index in [0.717, 1.165) is 18.5 Å². The van der Waals surface area contributed by atoms with Crippen molar-refractivity contribution in [2.75, 3.05) is 11.9 Å². The van der Waals surface area contributed by atoms with E-state index in [0.29, 0.717) is 18.1 Å². The van der Waals surface area contributed by atoms with Gasteiger partial charge in [0.1, 0.15) is 17.8 Å². The summed E-state index contributed by atoms with van der Waals surface area (Å²) in [6.45, 7) is 1.24. The third-order valence-electron chi connectivity index (χ3n) is 4.21. The first kappa shape index (κ1) is 17.1. The van der Waals surface area contributed by atoms with E-state index in [9.17, 15) is 4.79 Å². The van der Waals surface area contributed by atoms with Crippen LogP contribution in [-0.4, -0.2) is 27.4 Å². The number of carbonyl (C=O) groups excluding carboxylic acids is 1. The molecule has 1 aliphatic rings. The lowest BCUT2D eigenvalue weighted by Gasteiger charge is -2.13. The summed E-state index contributed by atoms with van der Waals surface area (Å²) in [6, 6.07) is 5.45. The number of carbonyl (C=O) groups is 1. The van der Waals surface area contributed by atoms with E-state index in [4.69, 9.17) is 0 Å². The Bertz CT molecular complexity index is 730. The van der Waals surface area contributed by atoms with Crippen molar-refractivity contribution in [2.24, 2.45) is 0 Å².